The third-order valence-electron chi connectivity index (χ3n) is 2.59. The largest absolute Gasteiger partial charge is 0.481 e. The van der Waals surface area contributed by atoms with Crippen molar-refractivity contribution in [2.24, 2.45) is 5.92 Å². The highest BCUT2D eigenvalue weighted by Gasteiger charge is 2.22. The lowest BCUT2D eigenvalue weighted by molar-refractivity contribution is -0.138. The van der Waals surface area contributed by atoms with Gasteiger partial charge in [0.1, 0.15) is 5.76 Å². The minimum absolute atomic E-state index is 0.282. The van der Waals surface area contributed by atoms with E-state index in [9.17, 15) is 4.79 Å². The number of furan rings is 1. The topological polar surface area (TPSA) is 50.4 Å². The van der Waals surface area contributed by atoms with Gasteiger partial charge in [0.05, 0.1) is 6.26 Å². The van der Waals surface area contributed by atoms with Crippen LogP contribution in [0.5, 0.6) is 0 Å². The highest BCUT2D eigenvalue weighted by molar-refractivity contribution is 5.67. The van der Waals surface area contributed by atoms with E-state index in [1.807, 2.05) is 6.07 Å². The van der Waals surface area contributed by atoms with Gasteiger partial charge in [-0.2, -0.15) is 0 Å². The lowest BCUT2D eigenvalue weighted by Crippen LogP contribution is -2.16. The maximum absolute atomic E-state index is 10.5. The molecule has 0 radical (unpaired) electrons. The van der Waals surface area contributed by atoms with E-state index in [-0.39, 0.29) is 6.42 Å². The number of aryl methyl sites for hydroxylation is 1. The molecule has 3 heteroatoms. The number of aliphatic carboxylic acids is 1. The Morgan fingerprint density at radius 1 is 1.69 bits per heavy atom. The fraction of sp³-hybridized carbons (Fsp3) is 0.500. The first-order valence-corrected chi connectivity index (χ1v) is 4.52. The fourth-order valence-corrected chi connectivity index (χ4v) is 1.94. The number of carboxylic acid groups (broad SMARTS) is 1. The van der Waals surface area contributed by atoms with Crippen molar-refractivity contribution < 1.29 is 14.3 Å². The molecule has 0 saturated heterocycles. The predicted molar refractivity (Wildman–Crippen MR) is 46.5 cm³/mol. The van der Waals surface area contributed by atoms with Gasteiger partial charge < -0.3 is 9.52 Å². The van der Waals surface area contributed by atoms with Gasteiger partial charge in [0, 0.05) is 12.8 Å². The summed E-state index contributed by atoms with van der Waals surface area (Å²) in [5.74, 6) is 0.640. The summed E-state index contributed by atoms with van der Waals surface area (Å²) in [7, 11) is 0. The molecule has 70 valence electrons. The molecule has 0 fully saturated rings. The van der Waals surface area contributed by atoms with Gasteiger partial charge in [-0.3, -0.25) is 4.79 Å². The van der Waals surface area contributed by atoms with Crippen molar-refractivity contribution in [2.45, 2.75) is 25.7 Å². The van der Waals surface area contributed by atoms with E-state index in [2.05, 4.69) is 0 Å². The van der Waals surface area contributed by atoms with E-state index >= 15 is 0 Å². The van der Waals surface area contributed by atoms with Crippen molar-refractivity contribution in [1.82, 2.24) is 0 Å². The van der Waals surface area contributed by atoms with Crippen molar-refractivity contribution in [3.8, 4) is 0 Å². The highest BCUT2D eigenvalue weighted by atomic mass is 16.4. The number of hydrogen-bond donors (Lipinski definition) is 1. The van der Waals surface area contributed by atoms with Crippen LogP contribution in [0.25, 0.3) is 0 Å². The van der Waals surface area contributed by atoms with Crippen molar-refractivity contribution in [1.29, 1.82) is 0 Å². The van der Waals surface area contributed by atoms with Crippen LogP contribution in [0.1, 0.15) is 24.2 Å². The zero-order valence-corrected chi connectivity index (χ0v) is 7.32. The van der Waals surface area contributed by atoms with Crippen LogP contribution in [0.15, 0.2) is 16.7 Å². The number of carboxylic acids is 1. The van der Waals surface area contributed by atoms with Gasteiger partial charge >= 0.3 is 5.97 Å². The average Bonchev–Trinajstić information content (AvgIpc) is 2.49. The van der Waals surface area contributed by atoms with Gasteiger partial charge in [-0.25, -0.2) is 0 Å². The summed E-state index contributed by atoms with van der Waals surface area (Å²) in [6.07, 6.45) is 4.66. The van der Waals surface area contributed by atoms with E-state index < -0.39 is 5.97 Å². The molecule has 13 heavy (non-hydrogen) atoms. The predicted octanol–water partition coefficient (Wildman–Crippen LogP) is 1.86. The molecular weight excluding hydrogens is 168 g/mol. The molecule has 2 rings (SSSR count). The van der Waals surface area contributed by atoms with Gasteiger partial charge in [-0.05, 0) is 30.4 Å². The summed E-state index contributed by atoms with van der Waals surface area (Å²) >= 11 is 0. The van der Waals surface area contributed by atoms with Gasteiger partial charge in [-0.15, -0.1) is 0 Å². The molecule has 1 aromatic rings. The minimum Gasteiger partial charge on any atom is -0.481 e. The second-order valence-electron chi connectivity index (χ2n) is 3.58. The third-order valence-corrected chi connectivity index (χ3v) is 2.59. The second kappa shape index (κ2) is 3.24. The summed E-state index contributed by atoms with van der Waals surface area (Å²) in [6, 6.07) is 1.95. The minimum atomic E-state index is -0.697. The Bertz CT molecular complexity index is 314. The first-order chi connectivity index (χ1) is 6.25. The molecule has 0 bridgehead atoms. The van der Waals surface area contributed by atoms with Gasteiger partial charge in [0.2, 0.25) is 0 Å². The van der Waals surface area contributed by atoms with Crippen LogP contribution in [0.3, 0.4) is 0 Å². The van der Waals surface area contributed by atoms with Crippen LogP contribution in [0, 0.1) is 5.92 Å². The molecule has 0 aliphatic heterocycles. The van der Waals surface area contributed by atoms with Gasteiger partial charge in [0.15, 0.2) is 0 Å². The quantitative estimate of drug-likeness (QED) is 0.755. The Morgan fingerprint density at radius 2 is 2.54 bits per heavy atom. The van der Waals surface area contributed by atoms with Crippen LogP contribution in [-0.4, -0.2) is 11.1 Å². The second-order valence-corrected chi connectivity index (χ2v) is 3.58. The van der Waals surface area contributed by atoms with Crippen LogP contribution in [0.4, 0.5) is 0 Å². The lowest BCUT2D eigenvalue weighted by atomic mass is 9.86. The van der Waals surface area contributed by atoms with Gasteiger partial charge in [-0.1, -0.05) is 0 Å². The van der Waals surface area contributed by atoms with Crippen LogP contribution in [-0.2, 0) is 17.6 Å². The van der Waals surface area contributed by atoms with Crippen LogP contribution >= 0.6 is 0 Å². The summed E-state index contributed by atoms with van der Waals surface area (Å²) in [6.45, 7) is 0. The lowest BCUT2D eigenvalue weighted by Gasteiger charge is -2.19. The van der Waals surface area contributed by atoms with Crippen molar-refractivity contribution in [3.63, 3.8) is 0 Å². The molecule has 0 amide bonds. The number of rotatable bonds is 2. The summed E-state index contributed by atoms with van der Waals surface area (Å²) in [4.78, 5) is 10.5. The normalized spacial score (nSPS) is 21.1. The molecule has 1 atom stereocenters. The maximum atomic E-state index is 10.5. The average molecular weight is 180 g/mol. The Kier molecular flexibility index (Phi) is 2.08. The monoisotopic (exact) mass is 180 g/mol. The number of hydrogen-bond acceptors (Lipinski definition) is 2. The summed E-state index contributed by atoms with van der Waals surface area (Å²) in [5.41, 5.74) is 1.19. The number of fused-ring (bicyclic) bond motifs is 1. The Hall–Kier alpha value is -1.25. The standard InChI is InChI=1S/C10H12O3/c11-10(12)6-7-1-2-9-8(5-7)3-4-13-9/h3-4,7H,1-2,5-6H2,(H,11,12). The third kappa shape index (κ3) is 1.74. The van der Waals surface area contributed by atoms with E-state index in [0.29, 0.717) is 5.92 Å². The molecule has 0 saturated carbocycles. The Morgan fingerprint density at radius 3 is 3.31 bits per heavy atom. The van der Waals surface area contributed by atoms with E-state index in [1.54, 1.807) is 6.26 Å². The molecule has 1 heterocycles. The molecule has 1 N–H and O–H groups in total. The maximum Gasteiger partial charge on any atom is 0.303 e. The van der Waals surface area contributed by atoms with E-state index in [4.69, 9.17) is 9.52 Å². The highest BCUT2D eigenvalue weighted by Crippen LogP contribution is 2.27. The Labute approximate surface area is 76.4 Å². The van der Waals surface area contributed by atoms with Gasteiger partial charge in [0.25, 0.3) is 0 Å². The molecular formula is C10H12O3. The van der Waals surface area contributed by atoms with Crippen molar-refractivity contribution >= 4 is 5.97 Å². The van der Waals surface area contributed by atoms with Crippen molar-refractivity contribution in [3.05, 3.63) is 23.7 Å². The molecule has 3 nitrogen and oxygen atoms in total. The SMILES string of the molecule is O=C(O)CC1CCc2occc2C1. The summed E-state index contributed by atoms with van der Waals surface area (Å²) < 4.78 is 5.26. The molecule has 0 spiro atoms. The molecule has 1 unspecified atom stereocenters. The van der Waals surface area contributed by atoms with E-state index in [0.717, 1.165) is 25.0 Å². The molecule has 1 aromatic heterocycles. The first kappa shape index (κ1) is 8.35. The van der Waals surface area contributed by atoms with Crippen LogP contribution < -0.4 is 0 Å². The van der Waals surface area contributed by atoms with Crippen molar-refractivity contribution in [2.75, 3.05) is 0 Å². The molecule has 0 aromatic carbocycles. The fourth-order valence-electron chi connectivity index (χ4n) is 1.94. The zero-order chi connectivity index (χ0) is 9.26. The Balaban J connectivity index is 2.04. The number of carbonyl (C=O) groups is 1. The molecule has 1 aliphatic rings. The zero-order valence-electron chi connectivity index (χ0n) is 7.32. The first-order valence-electron chi connectivity index (χ1n) is 4.52. The molecule has 1 aliphatic carbocycles. The van der Waals surface area contributed by atoms with Crippen LogP contribution in [0.2, 0.25) is 0 Å². The summed E-state index contributed by atoms with van der Waals surface area (Å²) in [5, 5.41) is 8.64. The smallest absolute Gasteiger partial charge is 0.303 e. The van der Waals surface area contributed by atoms with E-state index in [1.165, 1.54) is 5.56 Å².